The molecule has 6 heteroatoms. The summed E-state index contributed by atoms with van der Waals surface area (Å²) in [7, 11) is 0. The molecule has 0 aliphatic heterocycles. The molecular formula is C12H22N2O4. The Balaban J connectivity index is 3.77. The Morgan fingerprint density at radius 1 is 1.22 bits per heavy atom. The summed E-state index contributed by atoms with van der Waals surface area (Å²) in [6.45, 7) is 5.58. The van der Waals surface area contributed by atoms with Crippen molar-refractivity contribution in [1.29, 1.82) is 0 Å². The number of ketones is 1. The average molecular weight is 258 g/mol. The quantitative estimate of drug-likeness (QED) is 0.590. The van der Waals surface area contributed by atoms with Crippen molar-refractivity contribution in [2.24, 2.45) is 5.92 Å². The van der Waals surface area contributed by atoms with Crippen molar-refractivity contribution in [2.75, 3.05) is 13.1 Å². The molecule has 0 radical (unpaired) electrons. The highest BCUT2D eigenvalue weighted by molar-refractivity contribution is 5.83. The highest BCUT2D eigenvalue weighted by Crippen LogP contribution is 2.11. The Labute approximate surface area is 107 Å². The van der Waals surface area contributed by atoms with E-state index in [0.29, 0.717) is 13.0 Å². The zero-order valence-corrected chi connectivity index (χ0v) is 11.2. The van der Waals surface area contributed by atoms with Gasteiger partial charge in [0.1, 0.15) is 12.3 Å². The third kappa shape index (κ3) is 7.78. The second kappa shape index (κ2) is 9.58. The SMILES string of the molecule is CCNOC(=O)CNC(=O)CCC(CC)C(C)=O. The molecular weight excluding hydrogens is 236 g/mol. The molecule has 6 nitrogen and oxygen atoms in total. The molecule has 1 unspecified atom stereocenters. The molecule has 0 saturated heterocycles. The Morgan fingerprint density at radius 2 is 1.89 bits per heavy atom. The molecule has 0 rings (SSSR count). The van der Waals surface area contributed by atoms with Gasteiger partial charge in [-0.3, -0.25) is 9.59 Å². The van der Waals surface area contributed by atoms with Gasteiger partial charge < -0.3 is 10.2 Å². The van der Waals surface area contributed by atoms with Gasteiger partial charge in [0.05, 0.1) is 0 Å². The lowest BCUT2D eigenvalue weighted by molar-refractivity contribution is -0.150. The monoisotopic (exact) mass is 258 g/mol. The van der Waals surface area contributed by atoms with E-state index < -0.39 is 5.97 Å². The van der Waals surface area contributed by atoms with Crippen molar-refractivity contribution < 1.29 is 19.2 Å². The van der Waals surface area contributed by atoms with Crippen LogP contribution in [-0.4, -0.2) is 30.7 Å². The lowest BCUT2D eigenvalue weighted by Gasteiger charge is -2.10. The van der Waals surface area contributed by atoms with E-state index in [0.717, 1.165) is 6.42 Å². The summed E-state index contributed by atoms with van der Waals surface area (Å²) in [5, 5.41) is 2.44. The van der Waals surface area contributed by atoms with E-state index in [-0.39, 0.29) is 30.6 Å². The Kier molecular flexibility index (Phi) is 8.82. The number of nitrogens with one attached hydrogen (secondary N) is 2. The van der Waals surface area contributed by atoms with Gasteiger partial charge in [-0.1, -0.05) is 6.92 Å². The molecule has 0 heterocycles. The Hall–Kier alpha value is -1.43. The molecule has 0 saturated carbocycles. The van der Waals surface area contributed by atoms with Crippen LogP contribution in [0.5, 0.6) is 0 Å². The van der Waals surface area contributed by atoms with Crippen LogP contribution >= 0.6 is 0 Å². The molecule has 0 aromatic rings. The lowest BCUT2D eigenvalue weighted by Crippen LogP contribution is -2.33. The summed E-state index contributed by atoms with van der Waals surface area (Å²) in [5.74, 6) is -0.770. The Morgan fingerprint density at radius 3 is 2.39 bits per heavy atom. The average Bonchev–Trinajstić information content (AvgIpc) is 2.34. The van der Waals surface area contributed by atoms with Crippen molar-refractivity contribution in [3.05, 3.63) is 0 Å². The van der Waals surface area contributed by atoms with Crippen molar-refractivity contribution >= 4 is 17.7 Å². The lowest BCUT2D eigenvalue weighted by atomic mass is 9.96. The van der Waals surface area contributed by atoms with Crippen LogP contribution in [0.25, 0.3) is 0 Å². The third-order valence-electron chi connectivity index (χ3n) is 2.55. The summed E-state index contributed by atoms with van der Waals surface area (Å²) in [4.78, 5) is 38.2. The number of amides is 1. The molecule has 104 valence electrons. The number of carbonyl (C=O) groups is 3. The van der Waals surface area contributed by atoms with E-state index in [4.69, 9.17) is 0 Å². The second-order valence-electron chi connectivity index (χ2n) is 4.00. The van der Waals surface area contributed by atoms with Gasteiger partial charge in [-0.05, 0) is 26.7 Å². The predicted molar refractivity (Wildman–Crippen MR) is 66.5 cm³/mol. The normalized spacial score (nSPS) is 11.7. The maximum absolute atomic E-state index is 11.4. The smallest absolute Gasteiger partial charge is 0.344 e. The third-order valence-corrected chi connectivity index (χ3v) is 2.55. The summed E-state index contributed by atoms with van der Waals surface area (Å²) >= 11 is 0. The van der Waals surface area contributed by atoms with E-state index in [1.54, 1.807) is 6.92 Å². The summed E-state index contributed by atoms with van der Waals surface area (Å²) in [6.07, 6.45) is 1.48. The number of hydroxylamine groups is 1. The van der Waals surface area contributed by atoms with E-state index in [1.165, 1.54) is 6.92 Å². The van der Waals surface area contributed by atoms with Crippen LogP contribution in [0.2, 0.25) is 0 Å². The highest BCUT2D eigenvalue weighted by Gasteiger charge is 2.14. The maximum atomic E-state index is 11.4. The molecule has 18 heavy (non-hydrogen) atoms. The molecule has 1 amide bonds. The van der Waals surface area contributed by atoms with Crippen LogP contribution in [0.3, 0.4) is 0 Å². The minimum atomic E-state index is -0.538. The molecule has 1 atom stereocenters. The van der Waals surface area contributed by atoms with Gasteiger partial charge in [-0.15, -0.1) is 0 Å². The van der Waals surface area contributed by atoms with Gasteiger partial charge in [0.15, 0.2) is 0 Å². The summed E-state index contributed by atoms with van der Waals surface area (Å²) in [5.41, 5.74) is 2.40. The van der Waals surface area contributed by atoms with Crippen LogP contribution in [0.1, 0.15) is 40.0 Å². The number of hydrogen-bond donors (Lipinski definition) is 2. The largest absolute Gasteiger partial charge is 0.369 e. The van der Waals surface area contributed by atoms with Crippen molar-refractivity contribution in [1.82, 2.24) is 10.8 Å². The standard InChI is InChI=1S/C12H22N2O4/c1-4-10(9(3)15)6-7-11(16)13-8-12(17)18-14-5-2/h10,14H,4-8H2,1-3H3,(H,13,16). The van der Waals surface area contributed by atoms with Gasteiger partial charge in [-0.2, -0.15) is 5.48 Å². The number of hydrogen-bond acceptors (Lipinski definition) is 5. The van der Waals surface area contributed by atoms with Gasteiger partial charge in [-0.25, -0.2) is 4.79 Å². The topological polar surface area (TPSA) is 84.5 Å². The predicted octanol–water partition coefficient (Wildman–Crippen LogP) is 0.566. The van der Waals surface area contributed by atoms with Crippen LogP contribution in [-0.2, 0) is 19.2 Å². The van der Waals surface area contributed by atoms with E-state index in [9.17, 15) is 14.4 Å². The molecule has 0 aliphatic carbocycles. The van der Waals surface area contributed by atoms with Crippen LogP contribution in [0.15, 0.2) is 0 Å². The first kappa shape index (κ1) is 16.6. The fraction of sp³-hybridized carbons (Fsp3) is 0.750. The molecule has 0 fully saturated rings. The summed E-state index contributed by atoms with van der Waals surface area (Å²) < 4.78 is 0. The number of carbonyl (C=O) groups excluding carboxylic acids is 3. The first-order valence-electron chi connectivity index (χ1n) is 6.20. The molecule has 0 aromatic heterocycles. The van der Waals surface area contributed by atoms with Gasteiger partial charge in [0.2, 0.25) is 5.91 Å². The van der Waals surface area contributed by atoms with E-state index in [1.807, 2.05) is 6.92 Å². The first-order chi connectivity index (χ1) is 8.51. The van der Waals surface area contributed by atoms with Crippen molar-refractivity contribution in [2.45, 2.75) is 40.0 Å². The first-order valence-corrected chi connectivity index (χ1v) is 6.20. The molecule has 2 N–H and O–H groups in total. The van der Waals surface area contributed by atoms with Crippen LogP contribution < -0.4 is 10.8 Å². The minimum Gasteiger partial charge on any atom is -0.369 e. The number of Topliss-reactive ketones (excluding diaryl/α,β-unsaturated/α-hetero) is 1. The molecule has 0 spiro atoms. The van der Waals surface area contributed by atoms with Crippen LogP contribution in [0.4, 0.5) is 0 Å². The minimum absolute atomic E-state index is 0.0792. The fourth-order valence-electron chi connectivity index (χ4n) is 1.45. The zero-order valence-electron chi connectivity index (χ0n) is 11.2. The Bertz CT molecular complexity index is 292. The second-order valence-corrected chi connectivity index (χ2v) is 4.00. The summed E-state index contributed by atoms with van der Waals surface area (Å²) in [6, 6.07) is 0. The van der Waals surface area contributed by atoms with Crippen LogP contribution in [0, 0.1) is 5.92 Å². The zero-order chi connectivity index (χ0) is 14.0. The molecule has 0 aromatic carbocycles. The van der Waals surface area contributed by atoms with Crippen molar-refractivity contribution in [3.8, 4) is 0 Å². The highest BCUT2D eigenvalue weighted by atomic mass is 16.7. The molecule has 0 aliphatic rings. The van der Waals surface area contributed by atoms with Gasteiger partial charge in [0, 0.05) is 18.9 Å². The molecule has 0 bridgehead atoms. The van der Waals surface area contributed by atoms with Crippen molar-refractivity contribution in [3.63, 3.8) is 0 Å². The van der Waals surface area contributed by atoms with E-state index in [2.05, 4.69) is 15.6 Å². The number of rotatable bonds is 9. The maximum Gasteiger partial charge on any atom is 0.344 e. The van der Waals surface area contributed by atoms with E-state index >= 15 is 0 Å². The van der Waals surface area contributed by atoms with Gasteiger partial charge >= 0.3 is 5.97 Å². The fourth-order valence-corrected chi connectivity index (χ4v) is 1.45. The van der Waals surface area contributed by atoms with Gasteiger partial charge in [0.25, 0.3) is 0 Å².